The quantitative estimate of drug-likeness (QED) is 0.608. The number of carbonyl (C=O) groups is 2. The van der Waals surface area contributed by atoms with Crippen molar-refractivity contribution in [2.75, 3.05) is 11.9 Å². The lowest BCUT2D eigenvalue weighted by Crippen LogP contribution is -2.44. The van der Waals surface area contributed by atoms with E-state index in [1.807, 2.05) is 0 Å². The molecule has 2 N–H and O–H groups in total. The van der Waals surface area contributed by atoms with Gasteiger partial charge in [-0.15, -0.1) is 0 Å². The zero-order valence-electron chi connectivity index (χ0n) is 13.9. The number of aromatic hydroxyl groups is 1. The van der Waals surface area contributed by atoms with E-state index < -0.39 is 24.8 Å². The van der Waals surface area contributed by atoms with Crippen LogP contribution in [0.25, 0.3) is 0 Å². The van der Waals surface area contributed by atoms with Crippen LogP contribution < -0.4 is 5.32 Å². The van der Waals surface area contributed by atoms with Crippen LogP contribution in [0.1, 0.15) is 42.5 Å². The molecule has 1 aliphatic rings. The number of alkyl halides is 2. The zero-order chi connectivity index (χ0) is 18.4. The molecule has 0 saturated heterocycles. The third-order valence-electron chi connectivity index (χ3n) is 4.29. The normalized spacial score (nSPS) is 15.0. The van der Waals surface area contributed by atoms with Crippen LogP contribution in [0, 0.1) is 0 Å². The predicted octanol–water partition coefficient (Wildman–Crippen LogP) is 3.56. The highest BCUT2D eigenvalue weighted by molar-refractivity contribution is 6.02. The summed E-state index contributed by atoms with van der Waals surface area (Å²) in [4.78, 5) is 25.3. The van der Waals surface area contributed by atoms with Crippen molar-refractivity contribution in [2.24, 2.45) is 0 Å². The molecule has 1 fully saturated rings. The molecule has 2 amide bonds. The van der Waals surface area contributed by atoms with Gasteiger partial charge in [-0.3, -0.25) is 9.59 Å². The Hall–Kier alpha value is -2.44. The molecule has 0 aliphatic heterocycles. The van der Waals surface area contributed by atoms with Gasteiger partial charge < -0.3 is 15.3 Å². The minimum Gasteiger partial charge on any atom is -0.507 e. The minimum absolute atomic E-state index is 0.104. The SMILES string of the molecule is C=CC(=O)Nc1ccc(O)c(C(=O)N(CC(F)F)C2CCCCC2)c1. The fraction of sp³-hybridized carbons (Fsp3) is 0.444. The lowest BCUT2D eigenvalue weighted by molar-refractivity contribution is -0.111. The number of nitrogens with zero attached hydrogens (tertiary/aromatic N) is 1. The molecule has 0 atom stereocenters. The molecule has 1 aromatic rings. The molecule has 1 aliphatic carbocycles. The summed E-state index contributed by atoms with van der Waals surface area (Å²) in [6.45, 7) is 2.66. The zero-order valence-corrected chi connectivity index (χ0v) is 13.9. The van der Waals surface area contributed by atoms with Gasteiger partial charge in [-0.05, 0) is 37.1 Å². The lowest BCUT2D eigenvalue weighted by Gasteiger charge is -2.34. The topological polar surface area (TPSA) is 69.6 Å². The molecule has 136 valence electrons. The molecular formula is C18H22F2N2O3. The van der Waals surface area contributed by atoms with Crippen molar-refractivity contribution in [3.05, 3.63) is 36.4 Å². The van der Waals surface area contributed by atoms with Crippen molar-refractivity contribution in [3.8, 4) is 5.75 Å². The summed E-state index contributed by atoms with van der Waals surface area (Å²) < 4.78 is 26.0. The highest BCUT2D eigenvalue weighted by Crippen LogP contribution is 2.28. The van der Waals surface area contributed by atoms with Gasteiger partial charge >= 0.3 is 0 Å². The van der Waals surface area contributed by atoms with E-state index in [2.05, 4.69) is 11.9 Å². The Kier molecular flexibility index (Phi) is 6.50. The molecule has 0 radical (unpaired) electrons. The second-order valence-electron chi connectivity index (χ2n) is 6.07. The van der Waals surface area contributed by atoms with E-state index in [0.29, 0.717) is 12.8 Å². The second kappa shape index (κ2) is 8.60. The molecule has 0 bridgehead atoms. The molecule has 2 rings (SSSR count). The van der Waals surface area contributed by atoms with Crippen LogP contribution in [0.2, 0.25) is 0 Å². The van der Waals surface area contributed by atoms with Gasteiger partial charge in [0.2, 0.25) is 5.91 Å². The van der Waals surface area contributed by atoms with Crippen LogP contribution in [0.3, 0.4) is 0 Å². The Morgan fingerprint density at radius 1 is 1.32 bits per heavy atom. The average Bonchev–Trinajstić information content (AvgIpc) is 2.61. The van der Waals surface area contributed by atoms with Gasteiger partial charge in [-0.1, -0.05) is 25.8 Å². The first-order valence-corrected chi connectivity index (χ1v) is 8.28. The molecule has 0 unspecified atom stereocenters. The van der Waals surface area contributed by atoms with Gasteiger partial charge in [0.15, 0.2) is 0 Å². The van der Waals surface area contributed by atoms with Crippen molar-refractivity contribution in [1.82, 2.24) is 4.90 Å². The van der Waals surface area contributed by atoms with Crippen LogP contribution in [0.15, 0.2) is 30.9 Å². The largest absolute Gasteiger partial charge is 0.507 e. The Balaban J connectivity index is 2.28. The van der Waals surface area contributed by atoms with E-state index in [9.17, 15) is 23.5 Å². The van der Waals surface area contributed by atoms with Crippen LogP contribution in [-0.4, -0.2) is 40.8 Å². The van der Waals surface area contributed by atoms with E-state index in [4.69, 9.17) is 0 Å². The predicted molar refractivity (Wildman–Crippen MR) is 90.8 cm³/mol. The Labute approximate surface area is 145 Å². The molecule has 1 saturated carbocycles. The van der Waals surface area contributed by atoms with Crippen molar-refractivity contribution in [1.29, 1.82) is 0 Å². The maximum absolute atomic E-state index is 13.0. The molecular weight excluding hydrogens is 330 g/mol. The van der Waals surface area contributed by atoms with Gasteiger partial charge in [-0.2, -0.15) is 0 Å². The molecule has 0 aromatic heterocycles. The first-order valence-electron chi connectivity index (χ1n) is 8.28. The van der Waals surface area contributed by atoms with Crippen LogP contribution in [0.4, 0.5) is 14.5 Å². The van der Waals surface area contributed by atoms with Gasteiger partial charge in [0, 0.05) is 11.7 Å². The standard InChI is InChI=1S/C18H22F2N2O3/c1-2-17(24)21-12-8-9-15(23)14(10-12)18(25)22(11-16(19)20)13-6-4-3-5-7-13/h2,8-10,13,16,23H,1,3-7,11H2,(H,21,24). The number of amides is 2. The summed E-state index contributed by atoms with van der Waals surface area (Å²) in [5.41, 5.74) is 0.180. The second-order valence-corrected chi connectivity index (χ2v) is 6.07. The first kappa shape index (κ1) is 18.9. The molecule has 0 spiro atoms. The number of phenolic OH excluding ortho intramolecular Hbond substituents is 1. The summed E-state index contributed by atoms with van der Waals surface area (Å²) in [7, 11) is 0. The number of benzene rings is 1. The highest BCUT2D eigenvalue weighted by atomic mass is 19.3. The Morgan fingerprint density at radius 3 is 2.60 bits per heavy atom. The van der Waals surface area contributed by atoms with Crippen LogP contribution in [-0.2, 0) is 4.79 Å². The third-order valence-corrected chi connectivity index (χ3v) is 4.29. The summed E-state index contributed by atoms with van der Waals surface area (Å²) in [6.07, 6.45) is 2.56. The van der Waals surface area contributed by atoms with Crippen LogP contribution in [0.5, 0.6) is 5.75 Å². The number of anilines is 1. The Bertz CT molecular complexity index is 643. The van der Waals surface area contributed by atoms with Crippen LogP contribution >= 0.6 is 0 Å². The number of halogens is 2. The van der Waals surface area contributed by atoms with E-state index in [-0.39, 0.29) is 23.0 Å². The fourth-order valence-corrected chi connectivity index (χ4v) is 3.07. The number of hydrogen-bond acceptors (Lipinski definition) is 3. The molecule has 1 aromatic carbocycles. The molecule has 0 heterocycles. The summed E-state index contributed by atoms with van der Waals surface area (Å²) in [5.74, 6) is -1.43. The summed E-state index contributed by atoms with van der Waals surface area (Å²) in [5, 5.41) is 12.5. The molecule has 7 heteroatoms. The molecule has 25 heavy (non-hydrogen) atoms. The monoisotopic (exact) mass is 352 g/mol. The minimum atomic E-state index is -2.66. The van der Waals surface area contributed by atoms with Gasteiger partial charge in [0.05, 0.1) is 12.1 Å². The number of rotatable bonds is 6. The van der Waals surface area contributed by atoms with Gasteiger partial charge in [-0.25, -0.2) is 8.78 Å². The highest BCUT2D eigenvalue weighted by Gasteiger charge is 2.30. The van der Waals surface area contributed by atoms with Crippen molar-refractivity contribution >= 4 is 17.5 Å². The smallest absolute Gasteiger partial charge is 0.258 e. The summed E-state index contributed by atoms with van der Waals surface area (Å²) >= 11 is 0. The number of nitrogens with one attached hydrogen (secondary N) is 1. The van der Waals surface area contributed by atoms with Gasteiger partial charge in [0.25, 0.3) is 12.3 Å². The summed E-state index contributed by atoms with van der Waals surface area (Å²) in [6, 6.07) is 3.71. The maximum atomic E-state index is 13.0. The number of hydrogen-bond donors (Lipinski definition) is 2. The molecule has 5 nitrogen and oxygen atoms in total. The van der Waals surface area contributed by atoms with Crippen molar-refractivity contribution in [3.63, 3.8) is 0 Å². The number of phenols is 1. The van der Waals surface area contributed by atoms with E-state index in [1.165, 1.54) is 18.2 Å². The van der Waals surface area contributed by atoms with Crippen molar-refractivity contribution < 1.29 is 23.5 Å². The van der Waals surface area contributed by atoms with E-state index in [0.717, 1.165) is 30.2 Å². The van der Waals surface area contributed by atoms with E-state index >= 15 is 0 Å². The van der Waals surface area contributed by atoms with Gasteiger partial charge in [0.1, 0.15) is 5.75 Å². The first-order chi connectivity index (χ1) is 11.9. The average molecular weight is 352 g/mol. The lowest BCUT2D eigenvalue weighted by atomic mass is 9.93. The Morgan fingerprint density at radius 2 is 2.00 bits per heavy atom. The van der Waals surface area contributed by atoms with E-state index in [1.54, 1.807) is 0 Å². The maximum Gasteiger partial charge on any atom is 0.258 e. The third kappa shape index (κ3) is 5.01. The fourth-order valence-electron chi connectivity index (χ4n) is 3.07. The number of carbonyl (C=O) groups excluding carboxylic acids is 2. The van der Waals surface area contributed by atoms with Crippen molar-refractivity contribution in [2.45, 2.75) is 44.6 Å².